The maximum atomic E-state index is 12.9. The van der Waals surface area contributed by atoms with E-state index < -0.39 is 50.9 Å². The number of rotatable bonds is 2. The molecule has 1 aliphatic carbocycles. The van der Waals surface area contributed by atoms with Crippen molar-refractivity contribution in [1.29, 1.82) is 0 Å². The predicted octanol–water partition coefficient (Wildman–Crippen LogP) is 1.81. The number of nitrogens with zero attached hydrogens (tertiary/aromatic N) is 1. The van der Waals surface area contributed by atoms with Crippen LogP contribution in [0, 0.1) is 10.1 Å². The Morgan fingerprint density at radius 3 is 2.14 bits per heavy atom. The second-order valence-corrected chi connectivity index (χ2v) is 6.13. The molecule has 9 nitrogen and oxygen atoms in total. The number of hydrogen-bond donors (Lipinski definition) is 1. The van der Waals surface area contributed by atoms with E-state index in [1.165, 1.54) is 36.4 Å². The fourth-order valence-corrected chi connectivity index (χ4v) is 3.37. The van der Waals surface area contributed by atoms with Crippen molar-refractivity contribution in [2.24, 2.45) is 0 Å². The Balaban J connectivity index is 1.99. The van der Waals surface area contributed by atoms with Crippen LogP contribution in [0.3, 0.4) is 0 Å². The summed E-state index contributed by atoms with van der Waals surface area (Å²) in [6.45, 7) is 0. The summed E-state index contributed by atoms with van der Waals surface area (Å²) in [4.78, 5) is 60.5. The Hall–Kier alpha value is -4.14. The van der Waals surface area contributed by atoms with Gasteiger partial charge in [0.05, 0.1) is 4.92 Å². The zero-order valence-electron chi connectivity index (χ0n) is 13.9. The standard InChI is InChI=1S/C19H9NO8/c21-14(9-4-3-5-10(8-9)20(26)27)13-15(22)18(25)28-19(13)16(23)11-6-1-2-7-12(11)17(19)24/h1-8,21H/b14-13-. The van der Waals surface area contributed by atoms with E-state index >= 15 is 0 Å². The van der Waals surface area contributed by atoms with Crippen molar-refractivity contribution >= 4 is 34.8 Å². The molecule has 0 unspecified atom stereocenters. The number of nitro benzene ring substituents is 1. The number of hydrogen-bond acceptors (Lipinski definition) is 8. The minimum Gasteiger partial charge on any atom is -0.507 e. The second-order valence-electron chi connectivity index (χ2n) is 6.13. The van der Waals surface area contributed by atoms with Crippen LogP contribution in [0.4, 0.5) is 5.69 Å². The molecule has 4 rings (SSSR count). The van der Waals surface area contributed by atoms with Crippen molar-refractivity contribution < 1.29 is 33.9 Å². The van der Waals surface area contributed by atoms with Gasteiger partial charge in [0, 0.05) is 28.8 Å². The highest BCUT2D eigenvalue weighted by molar-refractivity contribution is 6.52. The van der Waals surface area contributed by atoms with E-state index in [9.17, 15) is 34.4 Å². The van der Waals surface area contributed by atoms with Gasteiger partial charge in [-0.1, -0.05) is 36.4 Å². The molecule has 1 spiro atoms. The number of ketones is 3. The average molecular weight is 379 g/mol. The van der Waals surface area contributed by atoms with Crippen molar-refractivity contribution in [3.8, 4) is 0 Å². The van der Waals surface area contributed by atoms with Crippen LogP contribution >= 0.6 is 0 Å². The Bertz CT molecular complexity index is 1130. The summed E-state index contributed by atoms with van der Waals surface area (Å²) >= 11 is 0. The Morgan fingerprint density at radius 2 is 1.57 bits per heavy atom. The van der Waals surface area contributed by atoms with E-state index in [4.69, 9.17) is 4.74 Å². The molecule has 2 aromatic carbocycles. The summed E-state index contributed by atoms with van der Waals surface area (Å²) < 4.78 is 4.92. The monoisotopic (exact) mass is 379 g/mol. The number of fused-ring (bicyclic) bond motifs is 1. The smallest absolute Gasteiger partial charge is 0.381 e. The second kappa shape index (κ2) is 5.68. The molecule has 9 heteroatoms. The number of ether oxygens (including phenoxy) is 1. The molecule has 2 aliphatic rings. The normalized spacial score (nSPS) is 19.0. The van der Waals surface area contributed by atoms with Gasteiger partial charge in [-0.3, -0.25) is 24.5 Å². The highest BCUT2D eigenvalue weighted by Crippen LogP contribution is 2.44. The van der Waals surface area contributed by atoms with Gasteiger partial charge in [-0.2, -0.15) is 0 Å². The van der Waals surface area contributed by atoms with Crippen molar-refractivity contribution in [2.75, 3.05) is 0 Å². The first kappa shape index (κ1) is 17.3. The number of non-ortho nitro benzene ring substituents is 1. The Labute approximate surface area is 156 Å². The molecule has 2 aromatic rings. The quantitative estimate of drug-likeness (QED) is 0.158. The Kier molecular flexibility index (Phi) is 3.51. The van der Waals surface area contributed by atoms with Gasteiger partial charge in [-0.05, 0) is 0 Å². The molecule has 0 aromatic heterocycles. The maximum Gasteiger partial charge on any atom is 0.381 e. The van der Waals surface area contributed by atoms with Gasteiger partial charge in [0.1, 0.15) is 11.3 Å². The molecule has 1 N–H and O–H groups in total. The highest BCUT2D eigenvalue weighted by Gasteiger charge is 2.67. The highest BCUT2D eigenvalue weighted by atomic mass is 16.6. The van der Waals surface area contributed by atoms with Gasteiger partial charge in [0.15, 0.2) is 0 Å². The number of esters is 1. The lowest BCUT2D eigenvalue weighted by Crippen LogP contribution is -2.43. The fraction of sp³-hybridized carbons (Fsp3) is 0.0526. The molecule has 28 heavy (non-hydrogen) atoms. The van der Waals surface area contributed by atoms with E-state index in [0.29, 0.717) is 0 Å². The van der Waals surface area contributed by atoms with Crippen molar-refractivity contribution in [3.05, 3.63) is 80.9 Å². The van der Waals surface area contributed by atoms with Gasteiger partial charge in [0.25, 0.3) is 17.1 Å². The summed E-state index contributed by atoms with van der Waals surface area (Å²) in [6.07, 6.45) is 0. The molecule has 0 bridgehead atoms. The summed E-state index contributed by atoms with van der Waals surface area (Å²) in [7, 11) is 0. The van der Waals surface area contributed by atoms with Crippen LogP contribution in [0.1, 0.15) is 26.3 Å². The van der Waals surface area contributed by atoms with Gasteiger partial charge in [0.2, 0.25) is 11.6 Å². The van der Waals surface area contributed by atoms with Crippen LogP contribution in [-0.2, 0) is 14.3 Å². The van der Waals surface area contributed by atoms with E-state index in [1.807, 2.05) is 0 Å². The molecule has 1 fully saturated rings. The van der Waals surface area contributed by atoms with Crippen LogP contribution < -0.4 is 0 Å². The molecule has 1 saturated heterocycles. The molecular weight excluding hydrogens is 370 g/mol. The predicted molar refractivity (Wildman–Crippen MR) is 91.6 cm³/mol. The summed E-state index contributed by atoms with van der Waals surface area (Å²) in [5.41, 5.74) is -4.20. The van der Waals surface area contributed by atoms with Crippen LogP contribution in [0.25, 0.3) is 5.76 Å². The number of nitro groups is 1. The zero-order chi connectivity index (χ0) is 20.2. The zero-order valence-corrected chi connectivity index (χ0v) is 13.9. The SMILES string of the molecule is O=C1OC2(C(=O)c3ccccc3C2=O)/C(=C(\O)c2cccc([N+](=O)[O-])c2)C1=O. The van der Waals surface area contributed by atoms with E-state index in [2.05, 4.69) is 0 Å². The first-order valence-electron chi connectivity index (χ1n) is 7.94. The van der Waals surface area contributed by atoms with E-state index in [-0.39, 0.29) is 16.7 Å². The lowest BCUT2D eigenvalue weighted by Gasteiger charge is -2.19. The third-order valence-corrected chi connectivity index (χ3v) is 4.63. The first-order chi connectivity index (χ1) is 13.3. The lowest BCUT2D eigenvalue weighted by molar-refractivity contribution is -0.384. The number of Topliss-reactive ketones (excluding diaryl/α,β-unsaturated/α-hetero) is 3. The lowest BCUT2D eigenvalue weighted by atomic mass is 9.85. The van der Waals surface area contributed by atoms with Gasteiger partial charge >= 0.3 is 5.97 Å². The minimum atomic E-state index is -2.63. The molecule has 1 aliphatic heterocycles. The van der Waals surface area contributed by atoms with Crippen LogP contribution in [0.15, 0.2) is 54.1 Å². The van der Waals surface area contributed by atoms with Crippen LogP contribution in [0.2, 0.25) is 0 Å². The minimum absolute atomic E-state index is 0.0562. The van der Waals surface area contributed by atoms with E-state index in [0.717, 1.165) is 12.1 Å². The summed E-state index contributed by atoms with van der Waals surface area (Å²) in [5.74, 6) is -5.66. The molecule has 0 saturated carbocycles. The summed E-state index contributed by atoms with van der Waals surface area (Å²) in [5, 5.41) is 21.6. The maximum absolute atomic E-state index is 12.9. The first-order valence-corrected chi connectivity index (χ1v) is 7.94. The topological polar surface area (TPSA) is 141 Å². The number of carbonyl (C=O) groups excluding carboxylic acids is 4. The van der Waals surface area contributed by atoms with Crippen LogP contribution in [0.5, 0.6) is 0 Å². The number of benzene rings is 2. The van der Waals surface area contributed by atoms with Crippen LogP contribution in [-0.4, -0.2) is 38.9 Å². The van der Waals surface area contributed by atoms with Crippen molar-refractivity contribution in [1.82, 2.24) is 0 Å². The molecule has 138 valence electrons. The van der Waals surface area contributed by atoms with Gasteiger partial charge < -0.3 is 9.84 Å². The molecule has 1 heterocycles. The Morgan fingerprint density at radius 1 is 0.964 bits per heavy atom. The fourth-order valence-electron chi connectivity index (χ4n) is 3.37. The largest absolute Gasteiger partial charge is 0.507 e. The number of carbonyl (C=O) groups is 4. The molecular formula is C19H9NO8. The molecule has 0 atom stereocenters. The molecule has 0 radical (unpaired) electrons. The average Bonchev–Trinajstić information content (AvgIpc) is 3.08. The molecule has 0 amide bonds. The number of aliphatic hydroxyl groups is 1. The van der Waals surface area contributed by atoms with E-state index in [1.54, 1.807) is 0 Å². The number of aliphatic hydroxyl groups excluding tert-OH is 1. The van der Waals surface area contributed by atoms with Gasteiger partial charge in [-0.25, -0.2) is 4.79 Å². The third-order valence-electron chi connectivity index (χ3n) is 4.63. The van der Waals surface area contributed by atoms with Crippen molar-refractivity contribution in [2.45, 2.75) is 5.60 Å². The van der Waals surface area contributed by atoms with Crippen molar-refractivity contribution in [3.63, 3.8) is 0 Å². The third kappa shape index (κ3) is 2.07. The summed E-state index contributed by atoms with van der Waals surface area (Å²) in [6, 6.07) is 10.2. The van der Waals surface area contributed by atoms with Gasteiger partial charge in [-0.15, -0.1) is 0 Å².